The second kappa shape index (κ2) is 6.90. The molecule has 3 nitrogen and oxygen atoms in total. The molecule has 0 saturated heterocycles. The first-order chi connectivity index (χ1) is 8.87. The highest BCUT2D eigenvalue weighted by Crippen LogP contribution is 2.16. The zero-order chi connectivity index (χ0) is 14.5. The van der Waals surface area contributed by atoms with Crippen LogP contribution in [-0.4, -0.2) is 23.6 Å². The largest absolute Gasteiger partial charge is 0.357 e. The minimum atomic E-state index is 0.142. The maximum Gasteiger partial charge on any atom is 0.128 e. The maximum atomic E-state index is 4.75. The minimum Gasteiger partial charge on any atom is -0.357 e. The third-order valence-electron chi connectivity index (χ3n) is 3.19. The second-order valence-corrected chi connectivity index (χ2v) is 6.10. The van der Waals surface area contributed by atoms with Crippen LogP contribution in [0.25, 0.3) is 0 Å². The van der Waals surface area contributed by atoms with Gasteiger partial charge in [0.15, 0.2) is 0 Å². The van der Waals surface area contributed by atoms with Gasteiger partial charge < -0.3 is 10.2 Å². The molecule has 0 aliphatic rings. The van der Waals surface area contributed by atoms with E-state index in [9.17, 15) is 0 Å². The quantitative estimate of drug-likeness (QED) is 0.851. The van der Waals surface area contributed by atoms with Gasteiger partial charge in [-0.15, -0.1) is 0 Å². The maximum absolute atomic E-state index is 4.75. The SMILES string of the molecule is CCCN(CC)c1ccc(CNC(C)(C)C)c(C)n1. The van der Waals surface area contributed by atoms with Gasteiger partial charge >= 0.3 is 0 Å². The fourth-order valence-electron chi connectivity index (χ4n) is 2.00. The first-order valence-electron chi connectivity index (χ1n) is 7.34. The zero-order valence-electron chi connectivity index (χ0n) is 13.4. The van der Waals surface area contributed by atoms with Gasteiger partial charge in [0.25, 0.3) is 0 Å². The average molecular weight is 263 g/mol. The number of nitrogens with one attached hydrogen (secondary N) is 1. The van der Waals surface area contributed by atoms with Gasteiger partial charge in [-0.2, -0.15) is 0 Å². The molecule has 108 valence electrons. The minimum absolute atomic E-state index is 0.142. The van der Waals surface area contributed by atoms with Crippen LogP contribution in [0.1, 0.15) is 52.3 Å². The highest BCUT2D eigenvalue weighted by atomic mass is 15.2. The second-order valence-electron chi connectivity index (χ2n) is 6.10. The summed E-state index contributed by atoms with van der Waals surface area (Å²) in [5.41, 5.74) is 2.55. The smallest absolute Gasteiger partial charge is 0.128 e. The highest BCUT2D eigenvalue weighted by molar-refractivity contribution is 5.41. The van der Waals surface area contributed by atoms with Crippen LogP contribution in [0.2, 0.25) is 0 Å². The van der Waals surface area contributed by atoms with Crippen molar-refractivity contribution in [3.8, 4) is 0 Å². The zero-order valence-corrected chi connectivity index (χ0v) is 13.4. The molecule has 0 fully saturated rings. The van der Waals surface area contributed by atoms with E-state index in [4.69, 9.17) is 4.98 Å². The Morgan fingerprint density at radius 3 is 2.37 bits per heavy atom. The standard InChI is InChI=1S/C16H29N3/c1-7-11-19(8-2)15-10-9-14(13(3)18-15)12-17-16(4,5)6/h9-10,17H,7-8,11-12H2,1-6H3. The van der Waals surface area contributed by atoms with E-state index in [-0.39, 0.29) is 5.54 Å². The summed E-state index contributed by atoms with van der Waals surface area (Å²) in [4.78, 5) is 7.08. The molecular weight excluding hydrogens is 234 g/mol. The number of hydrogen-bond donors (Lipinski definition) is 1. The van der Waals surface area contributed by atoms with Crippen LogP contribution >= 0.6 is 0 Å². The summed E-state index contributed by atoms with van der Waals surface area (Å²) in [6.45, 7) is 16.0. The predicted octanol–water partition coefficient (Wildman–Crippen LogP) is 3.51. The molecule has 0 radical (unpaired) electrons. The molecule has 1 rings (SSSR count). The topological polar surface area (TPSA) is 28.2 Å². The number of nitrogens with zero attached hydrogens (tertiary/aromatic N) is 2. The van der Waals surface area contributed by atoms with E-state index in [0.29, 0.717) is 0 Å². The van der Waals surface area contributed by atoms with Crippen LogP contribution < -0.4 is 10.2 Å². The Labute approximate surface area is 118 Å². The van der Waals surface area contributed by atoms with Crippen LogP contribution in [0, 0.1) is 6.92 Å². The summed E-state index contributed by atoms with van der Waals surface area (Å²) in [5, 5.41) is 3.51. The third-order valence-corrected chi connectivity index (χ3v) is 3.19. The number of aromatic nitrogens is 1. The van der Waals surface area contributed by atoms with Crippen LogP contribution in [0.15, 0.2) is 12.1 Å². The van der Waals surface area contributed by atoms with E-state index in [1.165, 1.54) is 5.56 Å². The van der Waals surface area contributed by atoms with Gasteiger partial charge in [0.1, 0.15) is 5.82 Å². The van der Waals surface area contributed by atoms with Crippen molar-refractivity contribution in [2.24, 2.45) is 0 Å². The Kier molecular flexibility index (Phi) is 5.80. The van der Waals surface area contributed by atoms with E-state index in [1.54, 1.807) is 0 Å². The molecule has 1 aromatic rings. The van der Waals surface area contributed by atoms with Gasteiger partial charge in [-0.25, -0.2) is 4.98 Å². The normalized spacial score (nSPS) is 11.7. The van der Waals surface area contributed by atoms with Crippen molar-refractivity contribution in [3.05, 3.63) is 23.4 Å². The van der Waals surface area contributed by atoms with E-state index in [0.717, 1.165) is 37.6 Å². The molecule has 0 spiro atoms. The van der Waals surface area contributed by atoms with Crippen LogP contribution in [-0.2, 0) is 6.54 Å². The van der Waals surface area contributed by atoms with Crippen molar-refractivity contribution in [3.63, 3.8) is 0 Å². The van der Waals surface area contributed by atoms with Gasteiger partial charge in [0.2, 0.25) is 0 Å². The molecule has 0 atom stereocenters. The molecule has 0 amide bonds. The molecule has 1 N–H and O–H groups in total. The lowest BCUT2D eigenvalue weighted by Crippen LogP contribution is -2.35. The molecule has 3 heteroatoms. The molecule has 0 bridgehead atoms. The average Bonchev–Trinajstić information content (AvgIpc) is 2.33. The molecule has 19 heavy (non-hydrogen) atoms. The summed E-state index contributed by atoms with van der Waals surface area (Å²) in [6, 6.07) is 4.35. The molecule has 0 aliphatic heterocycles. The Morgan fingerprint density at radius 1 is 1.21 bits per heavy atom. The van der Waals surface area contributed by atoms with Crippen molar-refractivity contribution in [2.45, 2.75) is 60.0 Å². The highest BCUT2D eigenvalue weighted by Gasteiger charge is 2.11. The summed E-state index contributed by atoms with van der Waals surface area (Å²) < 4.78 is 0. The fourth-order valence-corrected chi connectivity index (χ4v) is 2.00. The molecular formula is C16H29N3. The molecule has 1 heterocycles. The number of rotatable bonds is 6. The van der Waals surface area contributed by atoms with Gasteiger partial charge in [-0.05, 0) is 52.7 Å². The molecule has 1 aromatic heterocycles. The van der Waals surface area contributed by atoms with Gasteiger partial charge in [0.05, 0.1) is 0 Å². The lowest BCUT2D eigenvalue weighted by Gasteiger charge is -2.24. The van der Waals surface area contributed by atoms with E-state index >= 15 is 0 Å². The van der Waals surface area contributed by atoms with Crippen LogP contribution in [0.3, 0.4) is 0 Å². The molecule has 0 unspecified atom stereocenters. The Hall–Kier alpha value is -1.09. The number of pyridine rings is 1. The van der Waals surface area contributed by atoms with Gasteiger partial charge in [0, 0.05) is 30.9 Å². The van der Waals surface area contributed by atoms with Gasteiger partial charge in [-0.1, -0.05) is 13.0 Å². The van der Waals surface area contributed by atoms with Crippen molar-refractivity contribution in [1.82, 2.24) is 10.3 Å². The lowest BCUT2D eigenvalue weighted by molar-refractivity contribution is 0.423. The first-order valence-corrected chi connectivity index (χ1v) is 7.34. The number of hydrogen-bond acceptors (Lipinski definition) is 3. The molecule has 0 aromatic carbocycles. The summed E-state index contributed by atoms with van der Waals surface area (Å²) >= 11 is 0. The fraction of sp³-hybridized carbons (Fsp3) is 0.688. The summed E-state index contributed by atoms with van der Waals surface area (Å²) in [7, 11) is 0. The van der Waals surface area contributed by atoms with E-state index in [1.807, 2.05) is 0 Å². The van der Waals surface area contributed by atoms with Crippen molar-refractivity contribution < 1.29 is 0 Å². The molecule has 0 aliphatic carbocycles. The summed E-state index contributed by atoms with van der Waals surface area (Å²) in [6.07, 6.45) is 1.15. The number of anilines is 1. The third kappa shape index (κ3) is 5.19. The molecule has 0 saturated carbocycles. The van der Waals surface area contributed by atoms with Crippen LogP contribution in [0.4, 0.5) is 5.82 Å². The summed E-state index contributed by atoms with van der Waals surface area (Å²) in [5.74, 6) is 1.10. The Balaban J connectivity index is 2.79. The predicted molar refractivity (Wildman–Crippen MR) is 83.7 cm³/mol. The van der Waals surface area contributed by atoms with Crippen molar-refractivity contribution in [2.75, 3.05) is 18.0 Å². The van der Waals surface area contributed by atoms with E-state index in [2.05, 4.69) is 63.9 Å². The van der Waals surface area contributed by atoms with Gasteiger partial charge in [-0.3, -0.25) is 0 Å². The van der Waals surface area contributed by atoms with Crippen molar-refractivity contribution >= 4 is 5.82 Å². The monoisotopic (exact) mass is 263 g/mol. The number of aryl methyl sites for hydroxylation is 1. The lowest BCUT2D eigenvalue weighted by atomic mass is 10.1. The first kappa shape index (κ1) is 16.0. The Bertz CT molecular complexity index is 393. The Morgan fingerprint density at radius 2 is 1.89 bits per heavy atom. The van der Waals surface area contributed by atoms with Crippen molar-refractivity contribution in [1.29, 1.82) is 0 Å². The van der Waals surface area contributed by atoms with E-state index < -0.39 is 0 Å². The van der Waals surface area contributed by atoms with Crippen LogP contribution in [0.5, 0.6) is 0 Å².